The van der Waals surface area contributed by atoms with E-state index in [4.69, 9.17) is 4.74 Å². The molecule has 26 heavy (non-hydrogen) atoms. The van der Waals surface area contributed by atoms with Crippen LogP contribution in [0.2, 0.25) is 0 Å². The van der Waals surface area contributed by atoms with Crippen LogP contribution in [0, 0.1) is 0 Å². The standard InChI is InChI=1S/C20H21NO4S/c1-2-26(24)18-9-4-3-8-17(18)20(23)25-13-19(22)21-16-11-10-14-6-5-7-15(14)12-16/h3-4,8-12H,2,5-7,13H2,1H3,(H,21,22)/t26-/m1/s1. The van der Waals surface area contributed by atoms with Gasteiger partial charge in [-0.2, -0.15) is 0 Å². The molecule has 0 spiro atoms. The lowest BCUT2D eigenvalue weighted by Crippen LogP contribution is -2.21. The normalized spacial score (nSPS) is 13.7. The molecule has 0 aliphatic heterocycles. The number of amides is 1. The number of ether oxygens (including phenoxy) is 1. The summed E-state index contributed by atoms with van der Waals surface area (Å²) in [6.07, 6.45) is 3.25. The molecule has 1 aliphatic carbocycles. The maximum atomic E-state index is 12.3. The van der Waals surface area contributed by atoms with E-state index >= 15 is 0 Å². The van der Waals surface area contributed by atoms with E-state index in [9.17, 15) is 13.8 Å². The summed E-state index contributed by atoms with van der Waals surface area (Å²) < 4.78 is 17.1. The number of hydrogen-bond donors (Lipinski definition) is 1. The number of fused-ring (bicyclic) bond motifs is 1. The Morgan fingerprint density at radius 1 is 1.12 bits per heavy atom. The summed E-state index contributed by atoms with van der Waals surface area (Å²) in [7, 11) is -1.27. The minimum atomic E-state index is -1.27. The van der Waals surface area contributed by atoms with Crippen LogP contribution in [0.3, 0.4) is 0 Å². The molecule has 1 N–H and O–H groups in total. The van der Waals surface area contributed by atoms with Crippen molar-refractivity contribution < 1.29 is 18.5 Å². The molecule has 0 saturated carbocycles. The first kappa shape index (κ1) is 18.3. The second-order valence-electron chi connectivity index (χ2n) is 6.09. The lowest BCUT2D eigenvalue weighted by Gasteiger charge is -2.10. The molecule has 0 aromatic heterocycles. The fourth-order valence-corrected chi connectivity index (χ4v) is 3.98. The van der Waals surface area contributed by atoms with E-state index in [1.165, 1.54) is 11.1 Å². The highest BCUT2D eigenvalue weighted by Crippen LogP contribution is 2.24. The number of hydrogen-bond acceptors (Lipinski definition) is 4. The molecule has 2 aromatic carbocycles. The number of esters is 1. The quantitative estimate of drug-likeness (QED) is 0.792. The lowest BCUT2D eigenvalue weighted by molar-refractivity contribution is -0.119. The maximum Gasteiger partial charge on any atom is 0.339 e. The zero-order chi connectivity index (χ0) is 18.5. The van der Waals surface area contributed by atoms with Crippen molar-refractivity contribution in [3.63, 3.8) is 0 Å². The van der Waals surface area contributed by atoms with Gasteiger partial charge in [0, 0.05) is 11.4 Å². The number of anilines is 1. The Labute approximate surface area is 155 Å². The molecule has 0 unspecified atom stereocenters. The molecule has 2 aromatic rings. The highest BCUT2D eigenvalue weighted by atomic mass is 32.2. The Bertz CT molecular complexity index is 863. The molecule has 6 heteroatoms. The van der Waals surface area contributed by atoms with E-state index in [1.807, 2.05) is 18.2 Å². The molecule has 1 aliphatic rings. The van der Waals surface area contributed by atoms with Crippen molar-refractivity contribution in [2.45, 2.75) is 31.1 Å². The van der Waals surface area contributed by atoms with Gasteiger partial charge in [0.15, 0.2) is 6.61 Å². The molecule has 0 saturated heterocycles. The summed E-state index contributed by atoms with van der Waals surface area (Å²) in [5.41, 5.74) is 3.53. The van der Waals surface area contributed by atoms with Crippen LogP contribution < -0.4 is 5.32 Å². The van der Waals surface area contributed by atoms with Crippen LogP contribution in [0.1, 0.15) is 34.8 Å². The SMILES string of the molecule is CC[S@@](=O)c1ccccc1C(=O)OCC(=O)Nc1ccc2c(c1)CCC2. The summed E-state index contributed by atoms with van der Waals surface area (Å²) in [6.45, 7) is 1.39. The highest BCUT2D eigenvalue weighted by Gasteiger charge is 2.17. The zero-order valence-corrected chi connectivity index (χ0v) is 15.4. The average Bonchev–Trinajstić information content (AvgIpc) is 3.13. The van der Waals surface area contributed by atoms with Gasteiger partial charge in [-0.3, -0.25) is 9.00 Å². The second-order valence-corrected chi connectivity index (χ2v) is 7.80. The molecule has 0 bridgehead atoms. The summed E-state index contributed by atoms with van der Waals surface area (Å²) in [4.78, 5) is 24.8. The van der Waals surface area contributed by atoms with Gasteiger partial charge in [-0.15, -0.1) is 0 Å². The molecule has 1 amide bonds. The molecule has 1 atom stereocenters. The van der Waals surface area contributed by atoms with Gasteiger partial charge in [0.1, 0.15) is 0 Å². The number of carbonyl (C=O) groups is 2. The number of aryl methyl sites for hydroxylation is 2. The Balaban J connectivity index is 1.59. The van der Waals surface area contributed by atoms with Gasteiger partial charge in [0.25, 0.3) is 5.91 Å². The van der Waals surface area contributed by atoms with Crippen LogP contribution in [-0.2, 0) is 33.2 Å². The summed E-state index contributed by atoms with van der Waals surface area (Å²) in [5.74, 6) is -0.639. The molecule has 0 fully saturated rings. The van der Waals surface area contributed by atoms with E-state index in [0.717, 1.165) is 19.3 Å². The number of carbonyl (C=O) groups excluding carboxylic acids is 2. The van der Waals surface area contributed by atoms with E-state index in [2.05, 4.69) is 5.32 Å². The van der Waals surface area contributed by atoms with Crippen LogP contribution in [-0.4, -0.2) is 28.4 Å². The smallest absolute Gasteiger partial charge is 0.339 e. The number of benzene rings is 2. The molecular weight excluding hydrogens is 350 g/mol. The van der Waals surface area contributed by atoms with Crippen molar-refractivity contribution >= 4 is 28.4 Å². The van der Waals surface area contributed by atoms with Gasteiger partial charge in [0.05, 0.1) is 21.3 Å². The van der Waals surface area contributed by atoms with Crippen molar-refractivity contribution in [3.05, 3.63) is 59.2 Å². The molecule has 3 rings (SSSR count). The highest BCUT2D eigenvalue weighted by molar-refractivity contribution is 7.85. The van der Waals surface area contributed by atoms with Crippen molar-refractivity contribution in [2.24, 2.45) is 0 Å². The Hall–Kier alpha value is -2.47. The number of rotatable bonds is 6. The zero-order valence-electron chi connectivity index (χ0n) is 14.6. The second kappa shape index (κ2) is 8.27. The molecular formula is C20H21NO4S. The monoisotopic (exact) mass is 371 g/mol. The first-order chi connectivity index (χ1) is 12.6. The van der Waals surface area contributed by atoms with Gasteiger partial charge < -0.3 is 10.1 Å². The third-order valence-electron chi connectivity index (χ3n) is 4.33. The molecule has 136 valence electrons. The van der Waals surface area contributed by atoms with Crippen LogP contribution in [0.15, 0.2) is 47.4 Å². The predicted octanol–water partition coefficient (Wildman–Crippen LogP) is 3.10. The Kier molecular flexibility index (Phi) is 5.83. The van der Waals surface area contributed by atoms with Crippen LogP contribution in [0.25, 0.3) is 0 Å². The largest absolute Gasteiger partial charge is 0.452 e. The fraction of sp³-hybridized carbons (Fsp3) is 0.300. The number of nitrogens with one attached hydrogen (secondary N) is 1. The van der Waals surface area contributed by atoms with Gasteiger partial charge in [0.2, 0.25) is 0 Å². The molecule has 0 radical (unpaired) electrons. The first-order valence-electron chi connectivity index (χ1n) is 8.64. The van der Waals surface area contributed by atoms with Crippen LogP contribution in [0.5, 0.6) is 0 Å². The summed E-state index contributed by atoms with van der Waals surface area (Å²) in [6, 6.07) is 12.5. The van der Waals surface area contributed by atoms with Crippen molar-refractivity contribution in [1.29, 1.82) is 0 Å². The first-order valence-corrected chi connectivity index (χ1v) is 9.96. The molecule has 5 nitrogen and oxygen atoms in total. The maximum absolute atomic E-state index is 12.3. The third kappa shape index (κ3) is 4.19. The van der Waals surface area contributed by atoms with Crippen molar-refractivity contribution in [3.8, 4) is 0 Å². The van der Waals surface area contributed by atoms with Gasteiger partial charge in [-0.1, -0.05) is 25.1 Å². The van der Waals surface area contributed by atoms with E-state index in [-0.39, 0.29) is 12.2 Å². The summed E-state index contributed by atoms with van der Waals surface area (Å²) >= 11 is 0. The molecule has 0 heterocycles. The van der Waals surface area contributed by atoms with Gasteiger partial charge >= 0.3 is 5.97 Å². The minimum Gasteiger partial charge on any atom is -0.452 e. The van der Waals surface area contributed by atoms with Gasteiger partial charge in [-0.05, 0) is 54.7 Å². The average molecular weight is 371 g/mol. The van der Waals surface area contributed by atoms with Crippen LogP contribution >= 0.6 is 0 Å². The fourth-order valence-electron chi connectivity index (χ4n) is 3.04. The van der Waals surface area contributed by atoms with E-state index in [0.29, 0.717) is 16.3 Å². The predicted molar refractivity (Wildman–Crippen MR) is 101 cm³/mol. The third-order valence-corrected chi connectivity index (χ3v) is 5.70. The Morgan fingerprint density at radius 2 is 1.88 bits per heavy atom. The minimum absolute atomic E-state index is 0.234. The summed E-state index contributed by atoms with van der Waals surface area (Å²) in [5, 5.41) is 2.75. The van der Waals surface area contributed by atoms with Gasteiger partial charge in [-0.25, -0.2) is 4.79 Å². The van der Waals surface area contributed by atoms with E-state index in [1.54, 1.807) is 31.2 Å². The lowest BCUT2D eigenvalue weighted by atomic mass is 10.1. The van der Waals surface area contributed by atoms with Crippen molar-refractivity contribution in [2.75, 3.05) is 17.7 Å². The van der Waals surface area contributed by atoms with Crippen molar-refractivity contribution in [1.82, 2.24) is 0 Å². The topological polar surface area (TPSA) is 72.5 Å². The van der Waals surface area contributed by atoms with Crippen LogP contribution in [0.4, 0.5) is 5.69 Å². The van der Waals surface area contributed by atoms with E-state index < -0.39 is 22.7 Å². The Morgan fingerprint density at radius 3 is 2.69 bits per heavy atom.